The molecule has 1 unspecified atom stereocenters. The first kappa shape index (κ1) is 15.4. The zero-order valence-electron chi connectivity index (χ0n) is 12.1. The smallest absolute Gasteiger partial charge is 0.262 e. The minimum Gasteiger partial charge on any atom is -0.339 e. The maximum absolute atomic E-state index is 12.4. The molecule has 0 amide bonds. The Morgan fingerprint density at radius 2 is 2.00 bits per heavy atom. The number of hydrogen-bond acceptors (Lipinski definition) is 5. The maximum atomic E-state index is 12.4. The second-order valence-electron chi connectivity index (χ2n) is 5.42. The van der Waals surface area contributed by atoms with Gasteiger partial charge in [-0.25, -0.2) is 13.4 Å². The molecular weight excluding hydrogens is 278 g/mol. The van der Waals surface area contributed by atoms with Gasteiger partial charge in [0.25, 0.3) is 10.0 Å². The molecule has 114 valence electrons. The van der Waals surface area contributed by atoms with Crippen molar-refractivity contribution in [3.8, 4) is 0 Å². The largest absolute Gasteiger partial charge is 0.339 e. The second kappa shape index (κ2) is 6.21. The van der Waals surface area contributed by atoms with Gasteiger partial charge in [-0.05, 0) is 12.5 Å². The van der Waals surface area contributed by atoms with Gasteiger partial charge in [0.1, 0.15) is 0 Å². The lowest BCUT2D eigenvalue weighted by molar-refractivity contribution is 0.169. The van der Waals surface area contributed by atoms with Crippen molar-refractivity contribution in [1.82, 2.24) is 18.8 Å². The molecule has 8 heteroatoms. The highest BCUT2D eigenvalue weighted by atomic mass is 32.2. The fraction of sp³-hybridized carbons (Fsp3) is 0.750. The average molecular weight is 301 g/mol. The molecule has 1 aliphatic heterocycles. The Labute approximate surface area is 120 Å². The third-order valence-corrected chi connectivity index (χ3v) is 5.37. The highest BCUT2D eigenvalue weighted by molar-refractivity contribution is 7.89. The molecule has 0 aliphatic carbocycles. The van der Waals surface area contributed by atoms with Crippen LogP contribution in [0.2, 0.25) is 0 Å². The fourth-order valence-electron chi connectivity index (χ4n) is 2.32. The molecule has 0 radical (unpaired) electrons. The van der Waals surface area contributed by atoms with Crippen LogP contribution in [0.25, 0.3) is 0 Å². The third kappa shape index (κ3) is 3.38. The van der Waals surface area contributed by atoms with Crippen LogP contribution in [0.3, 0.4) is 0 Å². The Hall–Kier alpha value is -0.960. The molecule has 7 nitrogen and oxygen atoms in total. The first-order valence-electron chi connectivity index (χ1n) is 6.84. The standard InChI is InChI=1S/C12H23N5O2S/c1-11(7-13)8-16-3-5-17(6-4-16)20(18,19)12-9-15(2)10-14-12/h9-11H,3-8,13H2,1-2H3. The van der Waals surface area contributed by atoms with E-state index in [-0.39, 0.29) is 5.03 Å². The van der Waals surface area contributed by atoms with Crippen molar-refractivity contribution < 1.29 is 8.42 Å². The molecule has 2 heterocycles. The summed E-state index contributed by atoms with van der Waals surface area (Å²) in [5, 5.41) is 0.128. The number of hydrogen-bond donors (Lipinski definition) is 1. The van der Waals surface area contributed by atoms with E-state index in [9.17, 15) is 8.42 Å². The average Bonchev–Trinajstić information content (AvgIpc) is 2.86. The summed E-state index contributed by atoms with van der Waals surface area (Å²) in [6.45, 7) is 6.20. The number of imidazole rings is 1. The van der Waals surface area contributed by atoms with Crippen molar-refractivity contribution >= 4 is 10.0 Å². The summed E-state index contributed by atoms with van der Waals surface area (Å²) in [5.41, 5.74) is 5.62. The van der Waals surface area contributed by atoms with Gasteiger partial charge in [-0.1, -0.05) is 6.92 Å². The van der Waals surface area contributed by atoms with Gasteiger partial charge in [0.15, 0.2) is 5.03 Å². The van der Waals surface area contributed by atoms with Crippen LogP contribution in [0.1, 0.15) is 6.92 Å². The van der Waals surface area contributed by atoms with Gasteiger partial charge in [0, 0.05) is 46.0 Å². The van der Waals surface area contributed by atoms with Gasteiger partial charge in [-0.15, -0.1) is 0 Å². The molecule has 1 aromatic rings. The lowest BCUT2D eigenvalue weighted by atomic mass is 10.1. The second-order valence-corrected chi connectivity index (χ2v) is 7.31. The zero-order valence-corrected chi connectivity index (χ0v) is 12.9. The third-order valence-electron chi connectivity index (χ3n) is 3.59. The van der Waals surface area contributed by atoms with Crippen LogP contribution < -0.4 is 5.73 Å². The molecule has 20 heavy (non-hydrogen) atoms. The maximum Gasteiger partial charge on any atom is 0.262 e. The highest BCUT2D eigenvalue weighted by Gasteiger charge is 2.30. The Balaban J connectivity index is 1.96. The quantitative estimate of drug-likeness (QED) is 0.779. The van der Waals surface area contributed by atoms with Crippen LogP contribution >= 0.6 is 0 Å². The molecule has 2 N–H and O–H groups in total. The number of nitrogens with zero attached hydrogens (tertiary/aromatic N) is 4. The van der Waals surface area contributed by atoms with Crippen LogP contribution in [-0.2, 0) is 17.1 Å². The summed E-state index contributed by atoms with van der Waals surface area (Å²) in [4.78, 5) is 6.21. The van der Waals surface area contributed by atoms with Gasteiger partial charge < -0.3 is 15.2 Å². The van der Waals surface area contributed by atoms with Crippen molar-refractivity contribution in [2.45, 2.75) is 11.9 Å². The van der Waals surface area contributed by atoms with E-state index in [2.05, 4.69) is 16.8 Å². The van der Waals surface area contributed by atoms with Gasteiger partial charge in [0.2, 0.25) is 0 Å². The molecule has 1 atom stereocenters. The monoisotopic (exact) mass is 301 g/mol. The molecule has 0 saturated carbocycles. The SMILES string of the molecule is CC(CN)CN1CCN(S(=O)(=O)c2cn(C)cn2)CC1. The van der Waals surface area contributed by atoms with Crippen molar-refractivity contribution in [3.05, 3.63) is 12.5 Å². The first-order valence-corrected chi connectivity index (χ1v) is 8.28. The number of rotatable bonds is 5. The zero-order chi connectivity index (χ0) is 14.8. The van der Waals surface area contributed by atoms with E-state index < -0.39 is 10.0 Å². The molecule has 2 rings (SSSR count). The number of piperazine rings is 1. The van der Waals surface area contributed by atoms with Gasteiger partial charge in [-0.2, -0.15) is 4.31 Å². The Morgan fingerprint density at radius 3 is 2.50 bits per heavy atom. The first-order chi connectivity index (χ1) is 9.43. The molecule has 1 aliphatic rings. The normalized spacial score (nSPS) is 20.1. The van der Waals surface area contributed by atoms with Gasteiger partial charge in [0.05, 0.1) is 6.33 Å². The summed E-state index contributed by atoms with van der Waals surface area (Å²) >= 11 is 0. The predicted octanol–water partition coefficient (Wildman–Crippen LogP) is -0.679. The number of nitrogens with two attached hydrogens (primary N) is 1. The molecule has 0 bridgehead atoms. The Kier molecular flexibility index (Phi) is 4.79. The van der Waals surface area contributed by atoms with E-state index in [0.29, 0.717) is 25.6 Å². The molecule has 0 aromatic carbocycles. The number of aryl methyl sites for hydroxylation is 1. The lowest BCUT2D eigenvalue weighted by Gasteiger charge is -2.34. The van der Waals surface area contributed by atoms with E-state index in [0.717, 1.165) is 19.6 Å². The molecular formula is C12H23N5O2S. The van der Waals surface area contributed by atoms with Crippen molar-refractivity contribution in [3.63, 3.8) is 0 Å². The minimum atomic E-state index is -3.45. The molecule has 1 saturated heterocycles. The van der Waals surface area contributed by atoms with E-state index in [1.165, 1.54) is 16.8 Å². The molecule has 1 fully saturated rings. The van der Waals surface area contributed by atoms with Crippen LogP contribution in [0.15, 0.2) is 17.6 Å². The highest BCUT2D eigenvalue weighted by Crippen LogP contribution is 2.15. The fourth-order valence-corrected chi connectivity index (χ4v) is 3.71. The van der Waals surface area contributed by atoms with E-state index in [1.807, 2.05) is 0 Å². The topological polar surface area (TPSA) is 84.5 Å². The number of aromatic nitrogens is 2. The van der Waals surface area contributed by atoms with Crippen LogP contribution in [0.5, 0.6) is 0 Å². The summed E-state index contributed by atoms with van der Waals surface area (Å²) in [7, 11) is -1.69. The van der Waals surface area contributed by atoms with Crippen molar-refractivity contribution in [2.24, 2.45) is 18.7 Å². The minimum absolute atomic E-state index is 0.128. The number of sulfonamides is 1. The van der Waals surface area contributed by atoms with E-state index in [1.54, 1.807) is 11.6 Å². The van der Waals surface area contributed by atoms with Gasteiger partial charge >= 0.3 is 0 Å². The van der Waals surface area contributed by atoms with Crippen molar-refractivity contribution in [2.75, 3.05) is 39.3 Å². The van der Waals surface area contributed by atoms with Crippen LogP contribution in [0, 0.1) is 5.92 Å². The summed E-state index contributed by atoms with van der Waals surface area (Å²) in [6.07, 6.45) is 3.05. The summed E-state index contributed by atoms with van der Waals surface area (Å²) in [6, 6.07) is 0. The van der Waals surface area contributed by atoms with Gasteiger partial charge in [-0.3, -0.25) is 0 Å². The van der Waals surface area contributed by atoms with Crippen molar-refractivity contribution in [1.29, 1.82) is 0 Å². The Morgan fingerprint density at radius 1 is 1.35 bits per heavy atom. The molecule has 0 spiro atoms. The molecule has 1 aromatic heterocycles. The summed E-state index contributed by atoms with van der Waals surface area (Å²) < 4.78 is 28.0. The van der Waals surface area contributed by atoms with E-state index >= 15 is 0 Å². The van der Waals surface area contributed by atoms with Crippen LogP contribution in [-0.4, -0.2) is 66.4 Å². The Bertz CT molecular complexity index is 534. The lowest BCUT2D eigenvalue weighted by Crippen LogP contribution is -2.50. The summed E-state index contributed by atoms with van der Waals surface area (Å²) in [5.74, 6) is 0.439. The van der Waals surface area contributed by atoms with E-state index in [4.69, 9.17) is 5.73 Å². The van der Waals surface area contributed by atoms with Crippen LogP contribution in [0.4, 0.5) is 0 Å². The predicted molar refractivity (Wildman–Crippen MR) is 76.6 cm³/mol.